The van der Waals surface area contributed by atoms with Crippen molar-refractivity contribution < 1.29 is 24.4 Å². The Balaban J connectivity index is 3.23. The number of carbonyl (C=O) groups is 2. The van der Waals surface area contributed by atoms with Gasteiger partial charge in [0.1, 0.15) is 12.1 Å². The molecule has 0 radical (unpaired) electrons. The number of amides is 1. The molecule has 0 fully saturated rings. The first-order valence-corrected chi connectivity index (χ1v) is 5.93. The molecule has 1 aromatic rings. The molecule has 0 atom stereocenters. The Morgan fingerprint density at radius 3 is 2.57 bits per heavy atom. The fourth-order valence-electron chi connectivity index (χ4n) is 1.42. The predicted octanol–water partition coefficient (Wildman–Crippen LogP) is 1.82. The van der Waals surface area contributed by atoms with E-state index in [4.69, 9.17) is 9.84 Å². The largest absolute Gasteiger partial charge is 0.480 e. The topological polar surface area (TPSA) is 123 Å². The van der Waals surface area contributed by atoms with Crippen molar-refractivity contribution in [3.05, 3.63) is 28.4 Å². The zero-order valence-electron chi connectivity index (χ0n) is 11.8. The summed E-state index contributed by atoms with van der Waals surface area (Å²) in [6, 6.07) is 2.44. The zero-order valence-corrected chi connectivity index (χ0v) is 11.8. The van der Waals surface area contributed by atoms with E-state index in [0.717, 1.165) is 6.07 Å². The molecule has 1 amide bonds. The van der Waals surface area contributed by atoms with Gasteiger partial charge in [-0.1, -0.05) is 0 Å². The number of nitro groups is 1. The maximum Gasteiger partial charge on any atom is 0.416 e. The second-order valence-corrected chi connectivity index (χ2v) is 5.06. The second kappa shape index (κ2) is 6.16. The number of ether oxygens (including phenoxy) is 1. The number of carboxylic acids is 1. The third-order valence-electron chi connectivity index (χ3n) is 2.13. The first-order valence-electron chi connectivity index (χ1n) is 5.93. The van der Waals surface area contributed by atoms with Crippen LogP contribution in [0.4, 0.5) is 16.3 Å². The van der Waals surface area contributed by atoms with Gasteiger partial charge in [0, 0.05) is 12.3 Å². The van der Waals surface area contributed by atoms with Crippen LogP contribution in [0.15, 0.2) is 18.3 Å². The molecule has 0 spiro atoms. The van der Waals surface area contributed by atoms with Crippen LogP contribution in [0, 0.1) is 10.1 Å². The van der Waals surface area contributed by atoms with Gasteiger partial charge in [-0.15, -0.1) is 0 Å². The minimum absolute atomic E-state index is 0.376. The molecule has 0 bridgehead atoms. The third-order valence-corrected chi connectivity index (χ3v) is 2.13. The molecule has 0 aromatic carbocycles. The van der Waals surface area contributed by atoms with Gasteiger partial charge < -0.3 is 9.84 Å². The molecule has 0 saturated carbocycles. The van der Waals surface area contributed by atoms with Gasteiger partial charge >= 0.3 is 17.7 Å². The number of anilines is 1. The van der Waals surface area contributed by atoms with Crippen LogP contribution >= 0.6 is 0 Å². The van der Waals surface area contributed by atoms with Crippen LogP contribution in [0.2, 0.25) is 0 Å². The number of hydrogen-bond acceptors (Lipinski definition) is 6. The number of nitrogens with zero attached hydrogens (tertiary/aromatic N) is 3. The molecule has 0 aliphatic heterocycles. The minimum Gasteiger partial charge on any atom is -0.480 e. The van der Waals surface area contributed by atoms with Crippen molar-refractivity contribution in [2.45, 2.75) is 26.4 Å². The summed E-state index contributed by atoms with van der Waals surface area (Å²) in [7, 11) is 0. The van der Waals surface area contributed by atoms with Gasteiger partial charge in [0.25, 0.3) is 0 Å². The fourth-order valence-corrected chi connectivity index (χ4v) is 1.42. The van der Waals surface area contributed by atoms with Gasteiger partial charge in [-0.05, 0) is 26.8 Å². The number of rotatable bonds is 4. The highest BCUT2D eigenvalue weighted by atomic mass is 16.6. The van der Waals surface area contributed by atoms with Gasteiger partial charge in [-0.25, -0.2) is 14.7 Å². The van der Waals surface area contributed by atoms with Crippen LogP contribution in [-0.2, 0) is 9.53 Å². The number of carbonyl (C=O) groups excluding carboxylic acids is 1. The van der Waals surface area contributed by atoms with Crippen molar-refractivity contribution >= 4 is 23.6 Å². The highest BCUT2D eigenvalue weighted by Crippen LogP contribution is 2.26. The SMILES string of the molecule is CC(C)(C)OC(=O)N(CC(=O)O)c1ncccc1[N+](=O)[O-]. The van der Waals surface area contributed by atoms with Crippen molar-refractivity contribution in [3.8, 4) is 0 Å². The lowest BCUT2D eigenvalue weighted by molar-refractivity contribution is -0.384. The van der Waals surface area contributed by atoms with E-state index in [9.17, 15) is 19.7 Å². The van der Waals surface area contributed by atoms with Gasteiger partial charge in [-0.3, -0.25) is 14.9 Å². The highest BCUT2D eigenvalue weighted by molar-refractivity contribution is 5.94. The van der Waals surface area contributed by atoms with E-state index < -0.39 is 34.8 Å². The summed E-state index contributed by atoms with van der Waals surface area (Å²) < 4.78 is 5.05. The van der Waals surface area contributed by atoms with Crippen LogP contribution in [0.3, 0.4) is 0 Å². The van der Waals surface area contributed by atoms with E-state index in [0.29, 0.717) is 4.90 Å². The molecule has 9 heteroatoms. The van der Waals surface area contributed by atoms with E-state index >= 15 is 0 Å². The quantitative estimate of drug-likeness (QED) is 0.664. The molecule has 114 valence electrons. The van der Waals surface area contributed by atoms with E-state index in [1.54, 1.807) is 20.8 Å². The Bertz CT molecular complexity index is 566. The van der Waals surface area contributed by atoms with E-state index in [-0.39, 0.29) is 5.82 Å². The van der Waals surface area contributed by atoms with E-state index in [1.165, 1.54) is 12.3 Å². The summed E-state index contributed by atoms with van der Waals surface area (Å²) in [6.45, 7) is 3.98. The van der Waals surface area contributed by atoms with Crippen molar-refractivity contribution in [1.82, 2.24) is 4.98 Å². The molecule has 21 heavy (non-hydrogen) atoms. The van der Waals surface area contributed by atoms with Gasteiger partial charge in [-0.2, -0.15) is 0 Å². The number of hydrogen-bond donors (Lipinski definition) is 1. The molecule has 1 heterocycles. The summed E-state index contributed by atoms with van der Waals surface area (Å²) in [5, 5.41) is 19.8. The second-order valence-electron chi connectivity index (χ2n) is 5.06. The van der Waals surface area contributed by atoms with Gasteiger partial charge in [0.2, 0.25) is 5.82 Å². The fraction of sp³-hybridized carbons (Fsp3) is 0.417. The normalized spacial score (nSPS) is 10.8. The first kappa shape index (κ1) is 16.3. The monoisotopic (exact) mass is 297 g/mol. The summed E-state index contributed by atoms with van der Waals surface area (Å²) >= 11 is 0. The summed E-state index contributed by atoms with van der Waals surface area (Å²) in [4.78, 5) is 37.5. The first-order chi connectivity index (χ1) is 9.61. The predicted molar refractivity (Wildman–Crippen MR) is 72.1 cm³/mol. The summed E-state index contributed by atoms with van der Waals surface area (Å²) in [5.41, 5.74) is -1.36. The molecule has 1 aromatic heterocycles. The Hall–Kier alpha value is -2.71. The van der Waals surface area contributed by atoms with E-state index in [1.807, 2.05) is 0 Å². The van der Waals surface area contributed by atoms with Crippen LogP contribution in [0.5, 0.6) is 0 Å². The third kappa shape index (κ3) is 4.71. The molecule has 0 aliphatic carbocycles. The Morgan fingerprint density at radius 1 is 1.48 bits per heavy atom. The molecule has 0 unspecified atom stereocenters. The molecule has 0 saturated heterocycles. The molecule has 1 N–H and O–H groups in total. The molecule has 9 nitrogen and oxygen atoms in total. The van der Waals surface area contributed by atoms with Crippen molar-refractivity contribution in [2.24, 2.45) is 0 Å². The van der Waals surface area contributed by atoms with Gasteiger partial charge in [0.05, 0.1) is 4.92 Å². The molecule has 0 aliphatic rings. The minimum atomic E-state index is -1.35. The highest BCUT2D eigenvalue weighted by Gasteiger charge is 2.31. The van der Waals surface area contributed by atoms with Crippen molar-refractivity contribution in [2.75, 3.05) is 11.4 Å². The van der Waals surface area contributed by atoms with Crippen molar-refractivity contribution in [1.29, 1.82) is 0 Å². The van der Waals surface area contributed by atoms with Crippen LogP contribution in [-0.4, -0.2) is 39.2 Å². The number of pyridine rings is 1. The van der Waals surface area contributed by atoms with Crippen LogP contribution in [0.25, 0.3) is 0 Å². The zero-order chi connectivity index (χ0) is 16.2. The van der Waals surface area contributed by atoms with Crippen LogP contribution in [0.1, 0.15) is 20.8 Å². The Morgan fingerprint density at radius 2 is 2.10 bits per heavy atom. The lowest BCUT2D eigenvalue weighted by Crippen LogP contribution is -2.40. The van der Waals surface area contributed by atoms with E-state index in [2.05, 4.69) is 4.98 Å². The average Bonchev–Trinajstić information content (AvgIpc) is 2.33. The average molecular weight is 297 g/mol. The standard InChI is InChI=1S/C12H15N3O6/c1-12(2,3)21-11(18)14(7-9(16)17)10-8(15(19)20)5-4-6-13-10/h4-6H,7H2,1-3H3,(H,16,17). The molecular formula is C12H15N3O6. The van der Waals surface area contributed by atoms with Gasteiger partial charge in [0.15, 0.2) is 0 Å². The smallest absolute Gasteiger partial charge is 0.416 e. The number of aliphatic carboxylic acids is 1. The Labute approximate surface area is 120 Å². The lowest BCUT2D eigenvalue weighted by atomic mass is 10.2. The maximum absolute atomic E-state index is 12.0. The molecule has 1 rings (SSSR count). The summed E-state index contributed by atoms with van der Waals surface area (Å²) in [5.74, 6) is -1.72. The maximum atomic E-state index is 12.0. The molecular weight excluding hydrogens is 282 g/mol. The van der Waals surface area contributed by atoms with Crippen LogP contribution < -0.4 is 4.90 Å². The summed E-state index contributed by atoms with van der Waals surface area (Å²) in [6.07, 6.45) is 0.202. The number of aromatic nitrogens is 1. The van der Waals surface area contributed by atoms with Crippen molar-refractivity contribution in [3.63, 3.8) is 0 Å². The number of carboxylic acid groups (broad SMARTS) is 1. The lowest BCUT2D eigenvalue weighted by Gasteiger charge is -2.25. The Kier molecular flexibility index (Phi) is 4.79.